The molecule has 0 N–H and O–H groups in total. The average Bonchev–Trinajstić information content (AvgIpc) is 2.29. The van der Waals surface area contributed by atoms with Crippen molar-refractivity contribution < 1.29 is 0 Å². The Kier molecular flexibility index (Phi) is 3.32. The fourth-order valence-electron chi connectivity index (χ4n) is 1.25. The van der Waals surface area contributed by atoms with Crippen molar-refractivity contribution in [2.75, 3.05) is 0 Å². The van der Waals surface area contributed by atoms with Crippen LogP contribution >= 0.6 is 15.9 Å². The van der Waals surface area contributed by atoms with Crippen LogP contribution in [-0.2, 0) is 18.8 Å². The van der Waals surface area contributed by atoms with Crippen molar-refractivity contribution in [3.8, 4) is 0 Å². The van der Waals surface area contributed by atoms with Gasteiger partial charge in [-0.05, 0) is 12.3 Å². The number of hydrogen-bond donors (Lipinski definition) is 0. The van der Waals surface area contributed by atoms with Crippen molar-refractivity contribution in [2.24, 2.45) is 13.0 Å². The summed E-state index contributed by atoms with van der Waals surface area (Å²) in [4.78, 5) is 0. The summed E-state index contributed by atoms with van der Waals surface area (Å²) in [6.45, 7) is 4.43. The highest BCUT2D eigenvalue weighted by Crippen LogP contribution is 2.14. The lowest BCUT2D eigenvalue weighted by atomic mass is 10.1. The maximum absolute atomic E-state index is 4.41. The molecule has 0 saturated heterocycles. The van der Waals surface area contributed by atoms with E-state index in [-0.39, 0.29) is 0 Å². The third kappa shape index (κ3) is 2.34. The van der Waals surface area contributed by atoms with Crippen LogP contribution in [0.5, 0.6) is 0 Å². The zero-order chi connectivity index (χ0) is 9.14. The molecule has 2 nitrogen and oxygen atoms in total. The second kappa shape index (κ2) is 4.08. The number of alkyl halides is 1. The van der Waals surface area contributed by atoms with Crippen LogP contribution in [0.3, 0.4) is 0 Å². The Morgan fingerprint density at radius 2 is 2.25 bits per heavy atom. The maximum atomic E-state index is 4.41. The molecule has 0 atom stereocenters. The molecule has 0 aliphatic carbocycles. The molecule has 0 spiro atoms. The maximum Gasteiger partial charge on any atom is 0.0667 e. The second-order valence-electron chi connectivity index (χ2n) is 3.51. The molecule has 3 heteroatoms. The van der Waals surface area contributed by atoms with Crippen LogP contribution < -0.4 is 0 Å². The molecule has 0 amide bonds. The summed E-state index contributed by atoms with van der Waals surface area (Å²) in [5.41, 5.74) is 2.54. The predicted octanol–water partition coefficient (Wildman–Crippen LogP) is 2.51. The van der Waals surface area contributed by atoms with E-state index in [4.69, 9.17) is 0 Å². The molecule has 0 aromatic carbocycles. The summed E-state index contributed by atoms with van der Waals surface area (Å²) in [6, 6.07) is 0. The molecule has 0 saturated carbocycles. The Balaban J connectivity index is 2.81. The first kappa shape index (κ1) is 9.78. The highest BCUT2D eigenvalue weighted by molar-refractivity contribution is 9.08. The molecule has 0 fully saturated rings. The number of nitrogens with zero attached hydrogens (tertiary/aromatic N) is 2. The van der Waals surface area contributed by atoms with Crippen molar-refractivity contribution in [3.05, 3.63) is 17.5 Å². The minimum Gasteiger partial charge on any atom is -0.275 e. The Morgan fingerprint density at radius 3 is 2.75 bits per heavy atom. The Morgan fingerprint density at radius 1 is 1.58 bits per heavy atom. The van der Waals surface area contributed by atoms with Gasteiger partial charge in [0.15, 0.2) is 0 Å². The number of hydrogen-bond acceptors (Lipinski definition) is 1. The van der Waals surface area contributed by atoms with E-state index in [0.29, 0.717) is 5.92 Å². The van der Waals surface area contributed by atoms with Gasteiger partial charge in [-0.25, -0.2) is 0 Å². The minimum absolute atomic E-state index is 0.678. The number of rotatable bonds is 3. The lowest BCUT2D eigenvalue weighted by molar-refractivity contribution is 0.619. The molecule has 0 aliphatic rings. The molecule has 1 heterocycles. The fraction of sp³-hybridized carbons (Fsp3) is 0.667. The zero-order valence-corrected chi connectivity index (χ0v) is 9.43. The van der Waals surface area contributed by atoms with Crippen molar-refractivity contribution in [2.45, 2.75) is 25.6 Å². The summed E-state index contributed by atoms with van der Waals surface area (Å²) in [5, 5.41) is 5.31. The molecule has 68 valence electrons. The van der Waals surface area contributed by atoms with E-state index < -0.39 is 0 Å². The lowest BCUT2D eigenvalue weighted by Gasteiger charge is -2.01. The van der Waals surface area contributed by atoms with E-state index in [9.17, 15) is 0 Å². The molecule has 1 aromatic rings. The molecule has 1 aromatic heterocycles. The molecular formula is C9H15BrN2. The van der Waals surface area contributed by atoms with Gasteiger partial charge in [0.05, 0.1) is 5.69 Å². The van der Waals surface area contributed by atoms with E-state index in [1.54, 1.807) is 0 Å². The minimum atomic E-state index is 0.678. The van der Waals surface area contributed by atoms with Gasteiger partial charge < -0.3 is 0 Å². The van der Waals surface area contributed by atoms with Gasteiger partial charge in [-0.1, -0.05) is 29.8 Å². The normalized spacial score (nSPS) is 11.1. The zero-order valence-electron chi connectivity index (χ0n) is 7.84. The first-order valence-corrected chi connectivity index (χ1v) is 5.33. The van der Waals surface area contributed by atoms with Crippen LogP contribution in [0.1, 0.15) is 25.1 Å². The van der Waals surface area contributed by atoms with E-state index in [2.05, 4.69) is 41.1 Å². The van der Waals surface area contributed by atoms with Crippen LogP contribution in [0.2, 0.25) is 0 Å². The highest BCUT2D eigenvalue weighted by Gasteiger charge is 2.07. The highest BCUT2D eigenvalue weighted by atomic mass is 79.9. The molecule has 0 radical (unpaired) electrons. The van der Waals surface area contributed by atoms with Gasteiger partial charge in [-0.15, -0.1) is 0 Å². The second-order valence-corrected chi connectivity index (χ2v) is 4.07. The Labute approximate surface area is 82.1 Å². The third-order valence-corrected chi connectivity index (χ3v) is 2.34. The van der Waals surface area contributed by atoms with Crippen molar-refractivity contribution >= 4 is 15.9 Å². The summed E-state index contributed by atoms with van der Waals surface area (Å²) in [6.07, 6.45) is 3.15. The first-order valence-electron chi connectivity index (χ1n) is 4.21. The quantitative estimate of drug-likeness (QED) is 0.731. The van der Waals surface area contributed by atoms with Gasteiger partial charge >= 0.3 is 0 Å². The molecule has 0 bridgehead atoms. The molecule has 0 aliphatic heterocycles. The summed E-state index contributed by atoms with van der Waals surface area (Å²) >= 11 is 3.46. The van der Waals surface area contributed by atoms with Gasteiger partial charge in [0.1, 0.15) is 0 Å². The van der Waals surface area contributed by atoms with Crippen LogP contribution in [-0.4, -0.2) is 9.78 Å². The van der Waals surface area contributed by atoms with E-state index in [0.717, 1.165) is 11.8 Å². The van der Waals surface area contributed by atoms with E-state index in [1.807, 2.05) is 11.7 Å². The van der Waals surface area contributed by atoms with Crippen LogP contribution in [0.15, 0.2) is 6.20 Å². The summed E-state index contributed by atoms with van der Waals surface area (Å²) in [5.74, 6) is 0.678. The number of halogens is 1. The number of aromatic nitrogens is 2. The SMILES string of the molecule is CC(C)Cc1nn(C)cc1CBr. The van der Waals surface area contributed by atoms with Crippen molar-refractivity contribution in [1.82, 2.24) is 9.78 Å². The molecule has 1 rings (SSSR count). The predicted molar refractivity (Wildman–Crippen MR) is 54.4 cm³/mol. The van der Waals surface area contributed by atoms with Gasteiger partial charge in [-0.3, -0.25) is 4.68 Å². The fourth-order valence-corrected chi connectivity index (χ4v) is 1.72. The first-order chi connectivity index (χ1) is 5.63. The van der Waals surface area contributed by atoms with Gasteiger partial charge in [0.2, 0.25) is 0 Å². The van der Waals surface area contributed by atoms with E-state index >= 15 is 0 Å². The van der Waals surface area contributed by atoms with Gasteiger partial charge in [0, 0.05) is 24.1 Å². The Hall–Kier alpha value is -0.310. The smallest absolute Gasteiger partial charge is 0.0667 e. The van der Waals surface area contributed by atoms with Crippen molar-refractivity contribution in [1.29, 1.82) is 0 Å². The summed E-state index contributed by atoms with van der Waals surface area (Å²) in [7, 11) is 1.97. The number of aryl methyl sites for hydroxylation is 1. The monoisotopic (exact) mass is 230 g/mol. The molecule has 0 unspecified atom stereocenters. The van der Waals surface area contributed by atoms with E-state index in [1.165, 1.54) is 11.3 Å². The van der Waals surface area contributed by atoms with Crippen LogP contribution in [0.4, 0.5) is 0 Å². The van der Waals surface area contributed by atoms with Crippen molar-refractivity contribution in [3.63, 3.8) is 0 Å². The van der Waals surface area contributed by atoms with Gasteiger partial charge in [0.25, 0.3) is 0 Å². The largest absolute Gasteiger partial charge is 0.275 e. The lowest BCUT2D eigenvalue weighted by Crippen LogP contribution is -1.98. The van der Waals surface area contributed by atoms with Crippen LogP contribution in [0.25, 0.3) is 0 Å². The topological polar surface area (TPSA) is 17.8 Å². The summed E-state index contributed by atoms with van der Waals surface area (Å²) < 4.78 is 1.88. The third-order valence-electron chi connectivity index (χ3n) is 1.74. The molecule has 12 heavy (non-hydrogen) atoms. The van der Waals surface area contributed by atoms with Crippen LogP contribution in [0, 0.1) is 5.92 Å². The average molecular weight is 231 g/mol. The van der Waals surface area contributed by atoms with Gasteiger partial charge in [-0.2, -0.15) is 5.10 Å². The Bertz CT molecular complexity index is 253. The molecular weight excluding hydrogens is 216 g/mol. The standard InChI is InChI=1S/C9H15BrN2/c1-7(2)4-9-8(5-10)6-12(3)11-9/h6-7H,4-5H2,1-3H3.